The van der Waals surface area contributed by atoms with Crippen LogP contribution in [0.4, 0.5) is 10.2 Å². The molecule has 0 amide bonds. The quantitative estimate of drug-likeness (QED) is 0.826. The fourth-order valence-corrected chi connectivity index (χ4v) is 1.23. The van der Waals surface area contributed by atoms with Crippen LogP contribution < -0.4 is 5.32 Å². The lowest BCUT2D eigenvalue weighted by Gasteiger charge is -2.05. The third kappa shape index (κ3) is 3.30. The molecule has 0 aliphatic carbocycles. The molecule has 0 unspecified atom stereocenters. The van der Waals surface area contributed by atoms with E-state index in [2.05, 4.69) is 33.2 Å². The predicted octanol–water partition coefficient (Wildman–Crippen LogP) is 3.20. The van der Waals surface area contributed by atoms with Crippen LogP contribution in [0.5, 0.6) is 0 Å². The molecule has 1 aromatic heterocycles. The summed E-state index contributed by atoms with van der Waals surface area (Å²) in [4.78, 5) is 3.92. The van der Waals surface area contributed by atoms with Crippen molar-refractivity contribution in [2.45, 2.75) is 19.8 Å². The van der Waals surface area contributed by atoms with Gasteiger partial charge in [-0.15, -0.1) is 0 Å². The molecule has 72 valence electrons. The Bertz CT molecular complexity index is 278. The number of nitrogens with zero attached hydrogens (tertiary/aromatic N) is 1. The summed E-state index contributed by atoms with van der Waals surface area (Å²) in [5.41, 5.74) is 0. The third-order valence-corrected chi connectivity index (χ3v) is 2.06. The first-order valence-corrected chi connectivity index (χ1v) is 5.08. The monoisotopic (exact) mass is 246 g/mol. The van der Waals surface area contributed by atoms with E-state index in [1.807, 2.05) is 0 Å². The second kappa shape index (κ2) is 5.17. The standard InChI is InChI=1S/C9H12BrFN2/c1-2-3-4-12-9-8(11)5-7(10)6-13-9/h5-6H,2-4H2,1H3,(H,12,13). The maximum absolute atomic E-state index is 13.1. The first kappa shape index (κ1) is 10.4. The minimum absolute atomic E-state index is 0.314. The normalized spacial score (nSPS) is 10.1. The van der Waals surface area contributed by atoms with Gasteiger partial charge in [0, 0.05) is 17.2 Å². The first-order chi connectivity index (χ1) is 6.24. The molecule has 2 nitrogen and oxygen atoms in total. The van der Waals surface area contributed by atoms with Crippen LogP contribution in [0.15, 0.2) is 16.7 Å². The maximum Gasteiger partial charge on any atom is 0.166 e. The topological polar surface area (TPSA) is 24.9 Å². The number of aromatic nitrogens is 1. The number of rotatable bonds is 4. The van der Waals surface area contributed by atoms with Gasteiger partial charge >= 0.3 is 0 Å². The molecule has 0 aliphatic rings. The molecule has 1 N–H and O–H groups in total. The van der Waals surface area contributed by atoms with E-state index >= 15 is 0 Å². The van der Waals surface area contributed by atoms with Gasteiger partial charge in [-0.1, -0.05) is 13.3 Å². The van der Waals surface area contributed by atoms with E-state index in [0.29, 0.717) is 10.3 Å². The Hall–Kier alpha value is -0.640. The highest BCUT2D eigenvalue weighted by Gasteiger charge is 2.02. The molecule has 0 saturated heterocycles. The van der Waals surface area contributed by atoms with Crippen LogP contribution in [-0.2, 0) is 0 Å². The van der Waals surface area contributed by atoms with Gasteiger partial charge in [-0.25, -0.2) is 9.37 Å². The molecule has 1 rings (SSSR count). The minimum atomic E-state index is -0.314. The van der Waals surface area contributed by atoms with Crippen molar-refractivity contribution < 1.29 is 4.39 Å². The smallest absolute Gasteiger partial charge is 0.166 e. The van der Waals surface area contributed by atoms with Crippen LogP contribution in [-0.4, -0.2) is 11.5 Å². The molecule has 0 aromatic carbocycles. The van der Waals surface area contributed by atoms with E-state index in [1.54, 1.807) is 6.20 Å². The SMILES string of the molecule is CCCCNc1ncc(Br)cc1F. The Labute approximate surface area is 85.7 Å². The van der Waals surface area contributed by atoms with Crippen molar-refractivity contribution in [3.05, 3.63) is 22.6 Å². The number of hydrogen-bond acceptors (Lipinski definition) is 2. The van der Waals surface area contributed by atoms with Gasteiger partial charge in [0.05, 0.1) is 0 Å². The molecule has 0 spiro atoms. The van der Waals surface area contributed by atoms with Crippen LogP contribution >= 0.6 is 15.9 Å². The number of halogens is 2. The van der Waals surface area contributed by atoms with Crippen molar-refractivity contribution in [2.75, 3.05) is 11.9 Å². The summed E-state index contributed by atoms with van der Waals surface area (Å²) >= 11 is 3.15. The highest BCUT2D eigenvalue weighted by molar-refractivity contribution is 9.10. The molecule has 0 saturated carbocycles. The molecule has 0 aliphatic heterocycles. The summed E-state index contributed by atoms with van der Waals surface area (Å²) in [6.45, 7) is 2.86. The summed E-state index contributed by atoms with van der Waals surface area (Å²) in [6.07, 6.45) is 3.69. The van der Waals surface area contributed by atoms with Gasteiger partial charge in [-0.05, 0) is 28.4 Å². The largest absolute Gasteiger partial charge is 0.368 e. The van der Waals surface area contributed by atoms with E-state index in [-0.39, 0.29) is 5.82 Å². The molecule has 0 radical (unpaired) electrons. The molecule has 1 heterocycles. The zero-order valence-electron chi connectivity index (χ0n) is 7.48. The lowest BCUT2D eigenvalue weighted by atomic mass is 10.3. The van der Waals surface area contributed by atoms with Gasteiger partial charge in [0.25, 0.3) is 0 Å². The maximum atomic E-state index is 13.1. The Morgan fingerprint density at radius 2 is 2.38 bits per heavy atom. The van der Waals surface area contributed by atoms with Crippen LogP contribution in [0.1, 0.15) is 19.8 Å². The van der Waals surface area contributed by atoms with Crippen molar-refractivity contribution in [2.24, 2.45) is 0 Å². The predicted molar refractivity (Wildman–Crippen MR) is 55.3 cm³/mol. The number of hydrogen-bond donors (Lipinski definition) is 1. The molecule has 0 bridgehead atoms. The molecule has 1 aromatic rings. The number of nitrogens with one attached hydrogen (secondary N) is 1. The fourth-order valence-electron chi connectivity index (χ4n) is 0.928. The first-order valence-electron chi connectivity index (χ1n) is 4.29. The van der Waals surface area contributed by atoms with Crippen molar-refractivity contribution in [1.29, 1.82) is 0 Å². The highest BCUT2D eigenvalue weighted by Crippen LogP contribution is 2.15. The second-order valence-electron chi connectivity index (χ2n) is 2.76. The van der Waals surface area contributed by atoms with Gasteiger partial charge in [-0.2, -0.15) is 0 Å². The summed E-state index contributed by atoms with van der Waals surface area (Å²) in [5.74, 6) is 0.0159. The van der Waals surface area contributed by atoms with Gasteiger partial charge < -0.3 is 5.32 Å². The molecule has 4 heteroatoms. The van der Waals surface area contributed by atoms with E-state index < -0.39 is 0 Å². The van der Waals surface area contributed by atoms with E-state index in [1.165, 1.54) is 6.07 Å². The summed E-state index contributed by atoms with van der Waals surface area (Å²) < 4.78 is 13.8. The third-order valence-electron chi connectivity index (χ3n) is 1.63. The van der Waals surface area contributed by atoms with Gasteiger partial charge in [0.15, 0.2) is 11.6 Å². The van der Waals surface area contributed by atoms with E-state index in [9.17, 15) is 4.39 Å². The Balaban J connectivity index is 2.56. The van der Waals surface area contributed by atoms with Crippen LogP contribution in [0.2, 0.25) is 0 Å². The van der Waals surface area contributed by atoms with Gasteiger partial charge in [0.1, 0.15) is 0 Å². The van der Waals surface area contributed by atoms with Crippen molar-refractivity contribution in [3.63, 3.8) is 0 Å². The Kier molecular flexibility index (Phi) is 4.15. The number of unbranched alkanes of at least 4 members (excludes halogenated alkanes) is 1. The highest BCUT2D eigenvalue weighted by atomic mass is 79.9. The average molecular weight is 247 g/mol. The molecule has 0 atom stereocenters. The van der Waals surface area contributed by atoms with Crippen LogP contribution in [0.25, 0.3) is 0 Å². The zero-order valence-corrected chi connectivity index (χ0v) is 9.07. The summed E-state index contributed by atoms with van der Waals surface area (Å²) in [6, 6.07) is 1.40. The van der Waals surface area contributed by atoms with Gasteiger partial charge in [-0.3, -0.25) is 0 Å². The summed E-state index contributed by atoms with van der Waals surface area (Å²) in [7, 11) is 0. The molecule has 13 heavy (non-hydrogen) atoms. The van der Waals surface area contributed by atoms with E-state index in [4.69, 9.17) is 0 Å². The van der Waals surface area contributed by atoms with Crippen molar-refractivity contribution in [1.82, 2.24) is 4.98 Å². The van der Waals surface area contributed by atoms with Crippen molar-refractivity contribution >= 4 is 21.7 Å². The van der Waals surface area contributed by atoms with Crippen LogP contribution in [0, 0.1) is 5.82 Å². The Morgan fingerprint density at radius 3 is 3.00 bits per heavy atom. The summed E-state index contributed by atoms with van der Waals surface area (Å²) in [5, 5.41) is 2.93. The molecule has 0 fully saturated rings. The van der Waals surface area contributed by atoms with E-state index in [0.717, 1.165) is 19.4 Å². The fraction of sp³-hybridized carbons (Fsp3) is 0.444. The lowest BCUT2D eigenvalue weighted by Crippen LogP contribution is -2.04. The Morgan fingerprint density at radius 1 is 1.62 bits per heavy atom. The molecular formula is C9H12BrFN2. The minimum Gasteiger partial charge on any atom is -0.368 e. The number of pyridine rings is 1. The number of anilines is 1. The lowest BCUT2D eigenvalue weighted by molar-refractivity contribution is 0.622. The van der Waals surface area contributed by atoms with Gasteiger partial charge in [0.2, 0.25) is 0 Å². The second-order valence-corrected chi connectivity index (χ2v) is 3.68. The molecular weight excluding hydrogens is 235 g/mol. The van der Waals surface area contributed by atoms with Crippen LogP contribution in [0.3, 0.4) is 0 Å². The van der Waals surface area contributed by atoms with Crippen molar-refractivity contribution in [3.8, 4) is 0 Å². The average Bonchev–Trinajstić information content (AvgIpc) is 2.09. The zero-order chi connectivity index (χ0) is 9.68.